The summed E-state index contributed by atoms with van der Waals surface area (Å²) in [7, 11) is 0. The molecule has 1 aromatic heterocycles. The van der Waals surface area contributed by atoms with Crippen LogP contribution in [-0.2, 0) is 0 Å². The highest BCUT2D eigenvalue weighted by Gasteiger charge is 2.23. The van der Waals surface area contributed by atoms with Crippen LogP contribution in [0.4, 0.5) is 0 Å². The molecule has 0 saturated carbocycles. The maximum atomic E-state index is 6.34. The first-order valence-corrected chi connectivity index (χ1v) is 11.0. The van der Waals surface area contributed by atoms with Gasteiger partial charge >= 0.3 is 0 Å². The lowest BCUT2D eigenvalue weighted by molar-refractivity contribution is 0.669. The van der Waals surface area contributed by atoms with Crippen molar-refractivity contribution in [1.29, 1.82) is 0 Å². The summed E-state index contributed by atoms with van der Waals surface area (Å²) in [6.45, 7) is 2.11. The zero-order chi connectivity index (χ0) is 21.2. The lowest BCUT2D eigenvalue weighted by atomic mass is 9.80. The second-order valence-electron chi connectivity index (χ2n) is 8.63. The molecule has 5 aromatic carbocycles. The van der Waals surface area contributed by atoms with Gasteiger partial charge < -0.3 is 4.42 Å². The summed E-state index contributed by atoms with van der Waals surface area (Å²) >= 11 is 0. The van der Waals surface area contributed by atoms with Crippen molar-refractivity contribution >= 4 is 21.9 Å². The maximum Gasteiger partial charge on any atom is 0.136 e. The van der Waals surface area contributed by atoms with Crippen LogP contribution in [0.5, 0.6) is 0 Å². The van der Waals surface area contributed by atoms with Crippen molar-refractivity contribution in [1.82, 2.24) is 0 Å². The van der Waals surface area contributed by atoms with Crippen molar-refractivity contribution in [2.24, 2.45) is 0 Å². The lowest BCUT2D eigenvalue weighted by Crippen LogP contribution is -1.96. The number of fused-ring (bicyclic) bond motifs is 11. The minimum Gasteiger partial charge on any atom is -0.456 e. The standard InChI is InChI=1S/C31H20O/c1-19-14-15-26-29-17-27-24-12-6-4-10-22(24)20-8-2-3-9-21(20)23-11-5-7-13-25(23)28(27)18-31(29)32-30(26)16-19/h2-18H,1H3. The normalized spacial score (nSPS) is 11.9. The molecule has 1 aliphatic rings. The largest absolute Gasteiger partial charge is 0.456 e. The third-order valence-corrected chi connectivity index (χ3v) is 6.71. The highest BCUT2D eigenvalue weighted by Crippen LogP contribution is 2.49. The summed E-state index contributed by atoms with van der Waals surface area (Å²) in [5, 5.41) is 2.33. The Balaban J connectivity index is 1.69. The Labute approximate surface area is 186 Å². The van der Waals surface area contributed by atoms with Gasteiger partial charge in [-0.05, 0) is 75.2 Å². The Morgan fingerprint density at radius 3 is 1.38 bits per heavy atom. The van der Waals surface area contributed by atoms with Gasteiger partial charge in [-0.15, -0.1) is 0 Å². The van der Waals surface area contributed by atoms with Gasteiger partial charge in [0, 0.05) is 10.8 Å². The highest BCUT2D eigenvalue weighted by atomic mass is 16.3. The van der Waals surface area contributed by atoms with Gasteiger partial charge in [-0.2, -0.15) is 0 Å². The van der Waals surface area contributed by atoms with E-state index in [1.165, 1.54) is 60.8 Å². The molecule has 0 amide bonds. The molecule has 1 aliphatic carbocycles. The molecule has 6 aromatic rings. The van der Waals surface area contributed by atoms with Crippen LogP contribution >= 0.6 is 0 Å². The van der Waals surface area contributed by atoms with E-state index in [0.717, 1.165) is 11.2 Å². The van der Waals surface area contributed by atoms with Crippen molar-refractivity contribution in [3.05, 3.63) is 109 Å². The second-order valence-corrected chi connectivity index (χ2v) is 8.63. The Bertz CT molecular complexity index is 1680. The van der Waals surface area contributed by atoms with Gasteiger partial charge in [0.05, 0.1) is 0 Å². The van der Waals surface area contributed by atoms with E-state index >= 15 is 0 Å². The number of rotatable bonds is 0. The van der Waals surface area contributed by atoms with Gasteiger partial charge in [0.25, 0.3) is 0 Å². The smallest absolute Gasteiger partial charge is 0.136 e. The van der Waals surface area contributed by atoms with Crippen LogP contribution in [0, 0.1) is 6.92 Å². The minimum atomic E-state index is 0.936. The second kappa shape index (κ2) is 6.45. The Hall–Kier alpha value is -4.10. The quantitative estimate of drug-likeness (QED) is 0.244. The molecule has 0 radical (unpaired) electrons. The number of benzene rings is 5. The molecule has 0 atom stereocenters. The average Bonchev–Trinajstić information content (AvgIpc) is 3.19. The number of furan rings is 1. The van der Waals surface area contributed by atoms with Crippen LogP contribution < -0.4 is 0 Å². The van der Waals surface area contributed by atoms with Crippen molar-refractivity contribution in [3.63, 3.8) is 0 Å². The van der Waals surface area contributed by atoms with Crippen LogP contribution in [0.3, 0.4) is 0 Å². The number of hydrogen-bond acceptors (Lipinski definition) is 1. The number of hydrogen-bond donors (Lipinski definition) is 0. The molecule has 0 unspecified atom stereocenters. The summed E-state index contributed by atoms with van der Waals surface area (Å²) < 4.78 is 6.34. The molecule has 0 N–H and O–H groups in total. The molecule has 1 heteroatoms. The fraction of sp³-hybridized carbons (Fsp3) is 0.0323. The third kappa shape index (κ3) is 2.39. The maximum absolute atomic E-state index is 6.34. The van der Waals surface area contributed by atoms with Crippen LogP contribution in [0.1, 0.15) is 5.56 Å². The highest BCUT2D eigenvalue weighted by molar-refractivity contribution is 6.12. The predicted molar refractivity (Wildman–Crippen MR) is 134 cm³/mol. The van der Waals surface area contributed by atoms with Crippen LogP contribution in [0.2, 0.25) is 0 Å². The molecule has 1 nitrogen and oxygen atoms in total. The van der Waals surface area contributed by atoms with Gasteiger partial charge in [0.1, 0.15) is 11.2 Å². The Kier molecular flexibility index (Phi) is 3.54. The zero-order valence-electron chi connectivity index (χ0n) is 17.7. The van der Waals surface area contributed by atoms with Gasteiger partial charge in [0.15, 0.2) is 0 Å². The topological polar surface area (TPSA) is 13.1 Å². The summed E-state index contributed by atoms with van der Waals surface area (Å²) in [6.07, 6.45) is 0. The summed E-state index contributed by atoms with van der Waals surface area (Å²) in [4.78, 5) is 0. The molecule has 0 saturated heterocycles. The Morgan fingerprint density at radius 2 is 0.844 bits per heavy atom. The van der Waals surface area contributed by atoms with Crippen molar-refractivity contribution in [2.75, 3.05) is 0 Å². The monoisotopic (exact) mass is 408 g/mol. The van der Waals surface area contributed by atoms with Gasteiger partial charge in [-0.3, -0.25) is 0 Å². The molecule has 1 heterocycles. The zero-order valence-corrected chi connectivity index (χ0v) is 17.7. The SMILES string of the molecule is Cc1ccc2c(c1)oc1cc3c(cc12)-c1ccccc1-c1ccccc1-c1ccccc1-3. The molecule has 0 aliphatic heterocycles. The molecule has 150 valence electrons. The molecular weight excluding hydrogens is 388 g/mol. The fourth-order valence-corrected chi connectivity index (χ4v) is 5.23. The van der Waals surface area contributed by atoms with Crippen molar-refractivity contribution in [3.8, 4) is 44.5 Å². The molecule has 0 fully saturated rings. The lowest BCUT2D eigenvalue weighted by Gasteiger charge is -2.23. The van der Waals surface area contributed by atoms with E-state index in [9.17, 15) is 0 Å². The first-order valence-electron chi connectivity index (χ1n) is 11.0. The van der Waals surface area contributed by atoms with E-state index < -0.39 is 0 Å². The van der Waals surface area contributed by atoms with E-state index in [1.54, 1.807) is 0 Å². The number of aryl methyl sites for hydroxylation is 1. The van der Waals surface area contributed by atoms with Gasteiger partial charge in [-0.25, -0.2) is 0 Å². The first-order chi connectivity index (χ1) is 15.8. The predicted octanol–water partition coefficient (Wildman–Crippen LogP) is 8.88. The van der Waals surface area contributed by atoms with E-state index in [-0.39, 0.29) is 0 Å². The van der Waals surface area contributed by atoms with E-state index in [1.807, 2.05) is 0 Å². The van der Waals surface area contributed by atoms with E-state index in [2.05, 4.69) is 110 Å². The molecule has 32 heavy (non-hydrogen) atoms. The Morgan fingerprint density at radius 1 is 0.406 bits per heavy atom. The fourth-order valence-electron chi connectivity index (χ4n) is 5.23. The molecule has 0 spiro atoms. The van der Waals surface area contributed by atoms with Crippen LogP contribution in [-0.4, -0.2) is 0 Å². The van der Waals surface area contributed by atoms with Crippen molar-refractivity contribution < 1.29 is 4.42 Å². The van der Waals surface area contributed by atoms with Crippen molar-refractivity contribution in [2.45, 2.75) is 6.92 Å². The van der Waals surface area contributed by atoms with Gasteiger partial charge in [-0.1, -0.05) is 84.9 Å². The van der Waals surface area contributed by atoms with E-state index in [4.69, 9.17) is 4.42 Å². The average molecular weight is 409 g/mol. The van der Waals surface area contributed by atoms with Gasteiger partial charge in [0.2, 0.25) is 0 Å². The molecule has 7 rings (SSSR count). The van der Waals surface area contributed by atoms with E-state index in [0.29, 0.717) is 0 Å². The van der Waals surface area contributed by atoms with Crippen LogP contribution in [0.15, 0.2) is 108 Å². The molecular formula is C31H20O. The third-order valence-electron chi connectivity index (χ3n) is 6.71. The molecule has 0 bridgehead atoms. The summed E-state index contributed by atoms with van der Waals surface area (Å²) in [5.41, 5.74) is 13.1. The van der Waals surface area contributed by atoms with Crippen LogP contribution in [0.25, 0.3) is 66.4 Å². The summed E-state index contributed by atoms with van der Waals surface area (Å²) in [6, 6.07) is 37.3. The minimum absolute atomic E-state index is 0.936. The summed E-state index contributed by atoms with van der Waals surface area (Å²) in [5.74, 6) is 0. The first kappa shape index (κ1) is 17.6.